The van der Waals surface area contributed by atoms with Crippen molar-refractivity contribution < 1.29 is 17.9 Å². The number of hydrogen-bond acceptors (Lipinski definition) is 7. The zero-order valence-corrected chi connectivity index (χ0v) is 18.8. The number of rotatable bonds is 6. The number of nitrogens with zero attached hydrogens (tertiary/aromatic N) is 2. The number of carbonyl (C=O) groups is 1. The third kappa shape index (κ3) is 4.68. The highest BCUT2D eigenvalue weighted by atomic mass is 32.2. The molecule has 1 saturated heterocycles. The van der Waals surface area contributed by atoms with Crippen LogP contribution in [-0.2, 0) is 19.6 Å². The monoisotopic (exact) mass is 463 g/mol. The maximum absolute atomic E-state index is 12.9. The highest BCUT2D eigenvalue weighted by Gasteiger charge is 2.26. The normalized spacial score (nSPS) is 15.4. The highest BCUT2D eigenvalue weighted by molar-refractivity contribution is 8.01. The van der Waals surface area contributed by atoms with Gasteiger partial charge in [0.2, 0.25) is 15.9 Å². The predicted octanol–water partition coefficient (Wildman–Crippen LogP) is 3.36. The zero-order chi connectivity index (χ0) is 21.1. The number of carbonyl (C=O) groups excluding carboxylic acids is 1. The first kappa shape index (κ1) is 21.3. The molecular weight excluding hydrogens is 442 g/mol. The number of nitrogens with one attached hydrogen (secondary N) is 1. The Morgan fingerprint density at radius 1 is 1.23 bits per heavy atom. The molecule has 158 valence electrons. The van der Waals surface area contributed by atoms with Crippen LogP contribution in [0, 0.1) is 6.92 Å². The van der Waals surface area contributed by atoms with Crippen molar-refractivity contribution in [3.05, 3.63) is 48.0 Å². The molecule has 10 heteroatoms. The lowest BCUT2D eigenvalue weighted by Crippen LogP contribution is -2.40. The molecule has 4 rings (SSSR count). The summed E-state index contributed by atoms with van der Waals surface area (Å²) in [5.74, 6) is -0.0111. The minimum Gasteiger partial charge on any atom is -0.379 e. The Labute approximate surface area is 183 Å². The topological polar surface area (TPSA) is 88.6 Å². The second-order valence-corrected chi connectivity index (χ2v) is 11.0. The maximum atomic E-state index is 12.9. The zero-order valence-electron chi connectivity index (χ0n) is 16.3. The van der Waals surface area contributed by atoms with Gasteiger partial charge in [0.1, 0.15) is 0 Å². The Morgan fingerprint density at radius 2 is 2.00 bits per heavy atom. The van der Waals surface area contributed by atoms with Gasteiger partial charge in [0.05, 0.1) is 34.1 Å². The van der Waals surface area contributed by atoms with Gasteiger partial charge in [-0.05, 0) is 36.8 Å². The van der Waals surface area contributed by atoms with Crippen molar-refractivity contribution in [2.45, 2.75) is 16.2 Å². The average molecular weight is 464 g/mol. The summed E-state index contributed by atoms with van der Waals surface area (Å²) in [6.07, 6.45) is 0. The summed E-state index contributed by atoms with van der Waals surface area (Å²) in [7, 11) is -3.62. The largest absolute Gasteiger partial charge is 0.379 e. The Balaban J connectivity index is 1.44. The van der Waals surface area contributed by atoms with Gasteiger partial charge in [-0.15, -0.1) is 11.3 Å². The smallest absolute Gasteiger partial charge is 0.243 e. The van der Waals surface area contributed by atoms with E-state index in [9.17, 15) is 13.2 Å². The van der Waals surface area contributed by atoms with E-state index in [0.717, 1.165) is 20.1 Å². The van der Waals surface area contributed by atoms with E-state index < -0.39 is 10.0 Å². The van der Waals surface area contributed by atoms with Crippen LogP contribution >= 0.6 is 23.1 Å². The van der Waals surface area contributed by atoms with Crippen LogP contribution in [0.1, 0.15) is 5.56 Å². The number of aryl methyl sites for hydroxylation is 1. The lowest BCUT2D eigenvalue weighted by Gasteiger charge is -2.26. The molecule has 2 aromatic carbocycles. The molecular formula is C20H21N3O4S3. The average Bonchev–Trinajstić information content (AvgIpc) is 3.17. The van der Waals surface area contributed by atoms with Crippen LogP contribution in [0.15, 0.2) is 51.7 Å². The third-order valence-electron chi connectivity index (χ3n) is 4.69. The van der Waals surface area contributed by atoms with Crippen molar-refractivity contribution >= 4 is 54.9 Å². The fraction of sp³-hybridized carbons (Fsp3) is 0.300. The van der Waals surface area contributed by atoms with Gasteiger partial charge in [-0.3, -0.25) is 4.79 Å². The highest BCUT2D eigenvalue weighted by Crippen LogP contribution is 2.29. The van der Waals surface area contributed by atoms with Gasteiger partial charge in [-0.25, -0.2) is 13.4 Å². The molecule has 1 N–H and O–H groups in total. The molecule has 0 saturated carbocycles. The third-order valence-corrected chi connectivity index (χ3v) is 8.77. The summed E-state index contributed by atoms with van der Waals surface area (Å²) in [6, 6.07) is 12.7. The summed E-state index contributed by atoms with van der Waals surface area (Å²) >= 11 is 2.91. The van der Waals surface area contributed by atoms with Crippen molar-refractivity contribution in [3.8, 4) is 0 Å². The quantitative estimate of drug-likeness (QED) is 0.564. The molecule has 0 atom stereocenters. The van der Waals surface area contributed by atoms with Crippen LogP contribution in [-0.4, -0.2) is 55.7 Å². The molecule has 0 spiro atoms. The van der Waals surface area contributed by atoms with Crippen LogP contribution in [0.4, 0.5) is 5.69 Å². The van der Waals surface area contributed by atoms with E-state index in [-0.39, 0.29) is 16.6 Å². The molecule has 1 aliphatic heterocycles. The summed E-state index contributed by atoms with van der Waals surface area (Å²) in [5.41, 5.74) is 2.22. The van der Waals surface area contributed by atoms with Crippen molar-refractivity contribution in [2.75, 3.05) is 37.4 Å². The van der Waals surface area contributed by atoms with Crippen LogP contribution in [0.25, 0.3) is 10.2 Å². The van der Waals surface area contributed by atoms with Crippen molar-refractivity contribution in [2.24, 2.45) is 0 Å². The molecule has 30 heavy (non-hydrogen) atoms. The molecule has 1 aromatic heterocycles. The first-order chi connectivity index (χ1) is 14.4. The number of aromatic nitrogens is 1. The lowest BCUT2D eigenvalue weighted by molar-refractivity contribution is -0.113. The number of thioether (sulfide) groups is 1. The number of benzene rings is 2. The fourth-order valence-corrected chi connectivity index (χ4v) is 6.36. The number of para-hydroxylation sites is 1. The van der Waals surface area contributed by atoms with Crippen molar-refractivity contribution in [1.82, 2.24) is 9.29 Å². The molecule has 0 unspecified atom stereocenters. The second-order valence-electron chi connectivity index (χ2n) is 6.78. The summed E-state index contributed by atoms with van der Waals surface area (Å²) in [6.45, 7) is 3.27. The summed E-state index contributed by atoms with van der Waals surface area (Å²) in [5, 5.41) is 2.84. The standard InChI is InChI=1S/C20H21N3O4S3/c1-14-6-7-15(30(25,26)23-8-10-27-11-9-23)12-17(14)21-19(24)13-28-20-22-16-4-2-3-5-18(16)29-20/h2-7,12H,8-11,13H2,1H3,(H,21,24). The molecule has 1 amide bonds. The molecule has 0 bridgehead atoms. The van der Waals surface area contributed by atoms with Gasteiger partial charge >= 0.3 is 0 Å². The number of sulfonamides is 1. The van der Waals surface area contributed by atoms with Gasteiger partial charge in [-0.1, -0.05) is 30.0 Å². The molecule has 2 heterocycles. The van der Waals surface area contributed by atoms with E-state index in [0.29, 0.717) is 32.0 Å². The number of anilines is 1. The second kappa shape index (κ2) is 9.03. The molecule has 0 aliphatic carbocycles. The van der Waals surface area contributed by atoms with Gasteiger partial charge in [0.25, 0.3) is 0 Å². The molecule has 1 aliphatic rings. The molecule has 3 aromatic rings. The molecule has 1 fully saturated rings. The fourth-order valence-electron chi connectivity index (χ4n) is 3.06. The minimum atomic E-state index is -3.62. The van der Waals surface area contributed by atoms with Gasteiger partial charge in [0.15, 0.2) is 4.34 Å². The van der Waals surface area contributed by atoms with E-state index in [4.69, 9.17) is 4.74 Å². The number of thiazole rings is 1. The Bertz CT molecular complexity index is 1140. The number of fused-ring (bicyclic) bond motifs is 1. The van der Waals surface area contributed by atoms with Crippen LogP contribution in [0.2, 0.25) is 0 Å². The summed E-state index contributed by atoms with van der Waals surface area (Å²) < 4.78 is 34.3. The number of morpholine rings is 1. The van der Waals surface area contributed by atoms with Gasteiger partial charge in [-0.2, -0.15) is 4.31 Å². The van der Waals surface area contributed by atoms with E-state index in [1.165, 1.54) is 22.1 Å². The first-order valence-electron chi connectivity index (χ1n) is 9.40. The van der Waals surface area contributed by atoms with Crippen LogP contribution in [0.3, 0.4) is 0 Å². The van der Waals surface area contributed by atoms with Gasteiger partial charge in [0, 0.05) is 18.8 Å². The van der Waals surface area contributed by atoms with Crippen LogP contribution in [0.5, 0.6) is 0 Å². The van der Waals surface area contributed by atoms with E-state index in [1.807, 2.05) is 31.2 Å². The van der Waals surface area contributed by atoms with Crippen LogP contribution < -0.4 is 5.32 Å². The first-order valence-corrected chi connectivity index (χ1v) is 12.6. The molecule has 0 radical (unpaired) electrons. The maximum Gasteiger partial charge on any atom is 0.243 e. The lowest BCUT2D eigenvalue weighted by atomic mass is 10.2. The van der Waals surface area contributed by atoms with Gasteiger partial charge < -0.3 is 10.1 Å². The number of hydrogen-bond donors (Lipinski definition) is 1. The van der Waals surface area contributed by atoms with E-state index >= 15 is 0 Å². The van der Waals surface area contributed by atoms with Crippen molar-refractivity contribution in [3.63, 3.8) is 0 Å². The molecule has 7 nitrogen and oxygen atoms in total. The SMILES string of the molecule is Cc1ccc(S(=O)(=O)N2CCOCC2)cc1NC(=O)CSc1nc2ccccc2s1. The van der Waals surface area contributed by atoms with E-state index in [2.05, 4.69) is 10.3 Å². The summed E-state index contributed by atoms with van der Waals surface area (Å²) in [4.78, 5) is 17.2. The Kier molecular flexibility index (Phi) is 6.40. The number of amides is 1. The predicted molar refractivity (Wildman–Crippen MR) is 120 cm³/mol. The van der Waals surface area contributed by atoms with Crippen molar-refractivity contribution in [1.29, 1.82) is 0 Å². The Hall–Kier alpha value is -1.98. The Morgan fingerprint density at radius 3 is 2.77 bits per heavy atom. The van der Waals surface area contributed by atoms with E-state index in [1.54, 1.807) is 23.5 Å². The minimum absolute atomic E-state index is 0.170. The number of ether oxygens (including phenoxy) is 1.